The van der Waals surface area contributed by atoms with E-state index in [1.165, 1.54) is 14.0 Å². The Hall–Kier alpha value is -0.300. The van der Waals surface area contributed by atoms with Gasteiger partial charge in [-0.1, -0.05) is 30.7 Å². The first kappa shape index (κ1) is 15.8. The fourth-order valence-electron chi connectivity index (χ4n) is 1.34. The number of rotatable bonds is 5. The lowest BCUT2D eigenvalue weighted by Crippen LogP contribution is -2.34. The Morgan fingerprint density at radius 2 is 1.94 bits per heavy atom. The number of aliphatic hydroxyl groups is 1. The van der Waals surface area contributed by atoms with Gasteiger partial charge in [0, 0.05) is 0 Å². The normalized spacial score (nSPS) is 16.9. The van der Waals surface area contributed by atoms with E-state index in [-0.39, 0.29) is 5.75 Å². The standard InChI is InChI=1S/C11H14BrClO4S/c1-3-18(15,16)11(12,13)10(14)8-4-6-9(17-2)7-5-8/h4-7,10,14H,3H2,1-2H3/t10-,11+/m1/s1. The van der Waals surface area contributed by atoms with E-state index >= 15 is 0 Å². The van der Waals surface area contributed by atoms with Crippen molar-refractivity contribution >= 4 is 37.4 Å². The molecule has 0 bridgehead atoms. The summed E-state index contributed by atoms with van der Waals surface area (Å²) in [4.78, 5) is 0. The number of aliphatic hydroxyl groups excluding tert-OH is 1. The van der Waals surface area contributed by atoms with Crippen LogP contribution in [0, 0.1) is 0 Å². The summed E-state index contributed by atoms with van der Waals surface area (Å²) in [5.41, 5.74) is 0.389. The lowest BCUT2D eigenvalue weighted by molar-refractivity contribution is 0.185. The maximum absolute atomic E-state index is 11.8. The number of benzene rings is 1. The molecule has 0 amide bonds. The molecule has 0 saturated carbocycles. The third kappa shape index (κ3) is 2.99. The van der Waals surface area contributed by atoms with Crippen LogP contribution in [0.3, 0.4) is 0 Å². The minimum atomic E-state index is -3.66. The van der Waals surface area contributed by atoms with Crippen molar-refractivity contribution in [2.45, 2.75) is 16.1 Å². The van der Waals surface area contributed by atoms with Gasteiger partial charge in [-0.3, -0.25) is 0 Å². The molecule has 7 heteroatoms. The monoisotopic (exact) mass is 356 g/mol. The highest BCUT2D eigenvalue weighted by Gasteiger charge is 2.45. The Morgan fingerprint density at radius 3 is 2.33 bits per heavy atom. The third-order valence-corrected chi connectivity index (χ3v) is 7.18. The van der Waals surface area contributed by atoms with Gasteiger partial charge in [0.05, 0.1) is 12.9 Å². The number of hydrogen-bond acceptors (Lipinski definition) is 4. The van der Waals surface area contributed by atoms with Crippen LogP contribution in [0.25, 0.3) is 0 Å². The molecule has 0 spiro atoms. The molecule has 0 aliphatic carbocycles. The average Bonchev–Trinajstić information content (AvgIpc) is 2.37. The van der Waals surface area contributed by atoms with Crippen LogP contribution in [0.4, 0.5) is 0 Å². The maximum atomic E-state index is 11.8. The Morgan fingerprint density at radius 1 is 1.44 bits per heavy atom. The van der Waals surface area contributed by atoms with Crippen molar-refractivity contribution in [3.05, 3.63) is 29.8 Å². The van der Waals surface area contributed by atoms with E-state index in [0.717, 1.165) is 0 Å². The average molecular weight is 358 g/mol. The first-order chi connectivity index (χ1) is 8.26. The van der Waals surface area contributed by atoms with Crippen molar-refractivity contribution in [2.24, 2.45) is 0 Å². The van der Waals surface area contributed by atoms with Crippen LogP contribution in [0.5, 0.6) is 5.75 Å². The molecule has 0 heterocycles. The zero-order valence-electron chi connectivity index (χ0n) is 9.93. The Bertz CT molecular complexity index is 498. The fourth-order valence-corrected chi connectivity index (χ4v) is 3.61. The van der Waals surface area contributed by atoms with Gasteiger partial charge in [0.1, 0.15) is 11.9 Å². The summed E-state index contributed by atoms with van der Waals surface area (Å²) in [7, 11) is -2.14. The summed E-state index contributed by atoms with van der Waals surface area (Å²) in [6, 6.07) is 6.37. The SMILES string of the molecule is CCS(=O)(=O)[C@](Cl)(Br)[C@H](O)c1ccc(OC)cc1. The first-order valence-corrected chi connectivity index (χ1v) is 8.00. The van der Waals surface area contributed by atoms with Crippen LogP contribution in [-0.4, -0.2) is 29.5 Å². The lowest BCUT2D eigenvalue weighted by atomic mass is 10.1. The van der Waals surface area contributed by atoms with Crippen LogP contribution >= 0.6 is 27.5 Å². The van der Waals surface area contributed by atoms with Gasteiger partial charge in [-0.05, 0) is 33.6 Å². The molecular weight excluding hydrogens is 344 g/mol. The summed E-state index contributed by atoms with van der Waals surface area (Å²) >= 11 is 8.83. The summed E-state index contributed by atoms with van der Waals surface area (Å²) in [5.74, 6) is 0.439. The fraction of sp³-hybridized carbons (Fsp3) is 0.455. The van der Waals surface area contributed by atoms with Crippen molar-refractivity contribution in [2.75, 3.05) is 12.9 Å². The van der Waals surface area contributed by atoms with E-state index in [4.69, 9.17) is 16.3 Å². The van der Waals surface area contributed by atoms with Gasteiger partial charge < -0.3 is 9.84 Å². The highest BCUT2D eigenvalue weighted by atomic mass is 79.9. The number of methoxy groups -OCH3 is 1. The predicted octanol–water partition coefficient (Wildman–Crippen LogP) is 2.45. The second kappa shape index (κ2) is 5.77. The Kier molecular flexibility index (Phi) is 5.05. The molecule has 0 saturated heterocycles. The molecule has 4 nitrogen and oxygen atoms in total. The van der Waals surface area contributed by atoms with Crippen LogP contribution in [0.1, 0.15) is 18.6 Å². The van der Waals surface area contributed by atoms with Gasteiger partial charge in [-0.25, -0.2) is 8.42 Å². The highest BCUT2D eigenvalue weighted by molar-refractivity contribution is 9.12. The molecule has 0 unspecified atom stereocenters. The summed E-state index contributed by atoms with van der Waals surface area (Å²) in [6.07, 6.45) is -1.38. The van der Waals surface area contributed by atoms with E-state index in [1.54, 1.807) is 24.3 Å². The van der Waals surface area contributed by atoms with Gasteiger partial charge in [-0.15, -0.1) is 0 Å². The predicted molar refractivity (Wildman–Crippen MR) is 74.9 cm³/mol. The van der Waals surface area contributed by atoms with Gasteiger partial charge in [0.2, 0.25) is 3.12 Å². The summed E-state index contributed by atoms with van der Waals surface area (Å²) in [5, 5.41) is 10.1. The van der Waals surface area contributed by atoms with Crippen molar-refractivity contribution < 1.29 is 18.3 Å². The second-order valence-electron chi connectivity index (χ2n) is 3.64. The number of hydrogen-bond donors (Lipinski definition) is 1. The Labute approximate surface area is 120 Å². The molecular formula is C11H14BrClO4S. The van der Waals surface area contributed by atoms with Crippen molar-refractivity contribution in [3.63, 3.8) is 0 Å². The molecule has 1 rings (SSSR count). The third-order valence-electron chi connectivity index (χ3n) is 2.54. The molecule has 1 N–H and O–H groups in total. The highest BCUT2D eigenvalue weighted by Crippen LogP contribution is 2.43. The Balaban J connectivity index is 3.09. The minimum Gasteiger partial charge on any atom is -0.497 e. The summed E-state index contributed by atoms with van der Waals surface area (Å²) < 4.78 is 26.6. The van der Waals surface area contributed by atoms with Crippen molar-refractivity contribution in [1.29, 1.82) is 0 Å². The molecule has 0 aromatic heterocycles. The van der Waals surface area contributed by atoms with Crippen LogP contribution < -0.4 is 4.74 Å². The number of ether oxygens (including phenoxy) is 1. The number of alkyl halides is 2. The van der Waals surface area contributed by atoms with Crippen LogP contribution in [0.15, 0.2) is 24.3 Å². The van der Waals surface area contributed by atoms with Gasteiger partial charge in [0.15, 0.2) is 9.84 Å². The molecule has 0 aliphatic heterocycles. The van der Waals surface area contributed by atoms with Crippen LogP contribution in [-0.2, 0) is 9.84 Å². The van der Waals surface area contributed by atoms with Crippen molar-refractivity contribution in [1.82, 2.24) is 0 Å². The molecule has 102 valence electrons. The van der Waals surface area contributed by atoms with E-state index < -0.39 is 19.1 Å². The van der Waals surface area contributed by atoms with E-state index in [9.17, 15) is 13.5 Å². The van der Waals surface area contributed by atoms with E-state index in [0.29, 0.717) is 11.3 Å². The second-order valence-corrected chi connectivity index (χ2v) is 9.14. The quantitative estimate of drug-likeness (QED) is 0.822. The molecule has 18 heavy (non-hydrogen) atoms. The zero-order valence-corrected chi connectivity index (χ0v) is 13.1. The lowest BCUT2D eigenvalue weighted by Gasteiger charge is -2.25. The van der Waals surface area contributed by atoms with E-state index in [2.05, 4.69) is 15.9 Å². The van der Waals surface area contributed by atoms with Gasteiger partial charge in [0.25, 0.3) is 0 Å². The van der Waals surface area contributed by atoms with Crippen LogP contribution in [0.2, 0.25) is 0 Å². The maximum Gasteiger partial charge on any atom is 0.229 e. The van der Waals surface area contributed by atoms with Gasteiger partial charge >= 0.3 is 0 Å². The number of halogens is 2. The number of sulfone groups is 1. The summed E-state index contributed by atoms with van der Waals surface area (Å²) in [6.45, 7) is 1.47. The van der Waals surface area contributed by atoms with E-state index in [1.807, 2.05) is 0 Å². The van der Waals surface area contributed by atoms with Gasteiger partial charge in [-0.2, -0.15) is 0 Å². The smallest absolute Gasteiger partial charge is 0.229 e. The minimum absolute atomic E-state index is 0.172. The molecule has 2 atom stereocenters. The molecule has 1 aromatic carbocycles. The molecule has 0 aliphatic rings. The zero-order chi connectivity index (χ0) is 14.0. The first-order valence-electron chi connectivity index (χ1n) is 5.18. The van der Waals surface area contributed by atoms with Crippen molar-refractivity contribution in [3.8, 4) is 5.75 Å². The topological polar surface area (TPSA) is 63.6 Å². The molecule has 0 radical (unpaired) electrons. The molecule has 0 fully saturated rings. The largest absolute Gasteiger partial charge is 0.497 e. The molecule has 1 aromatic rings.